The van der Waals surface area contributed by atoms with Gasteiger partial charge < -0.3 is 14.8 Å². The summed E-state index contributed by atoms with van der Waals surface area (Å²) in [6.45, 7) is 0.255. The van der Waals surface area contributed by atoms with E-state index in [4.69, 9.17) is 9.47 Å². The van der Waals surface area contributed by atoms with Gasteiger partial charge in [0, 0.05) is 17.7 Å². The van der Waals surface area contributed by atoms with E-state index in [-0.39, 0.29) is 41.9 Å². The SMILES string of the molecule is O=C(NCc1ccc2c(c1)OCO2)c1ccc2c(=O)n(-c3ccccc3)c(=O)n(Cc3ccccc3F)c2c1. The van der Waals surface area contributed by atoms with E-state index in [1.165, 1.54) is 28.8 Å². The Morgan fingerprint density at radius 3 is 2.46 bits per heavy atom. The summed E-state index contributed by atoms with van der Waals surface area (Å²) in [5.74, 6) is 0.382. The minimum atomic E-state index is -0.639. The van der Waals surface area contributed by atoms with Crippen molar-refractivity contribution in [3.05, 3.63) is 134 Å². The molecule has 8 nitrogen and oxygen atoms in total. The maximum atomic E-state index is 14.6. The van der Waals surface area contributed by atoms with Crippen LogP contribution in [0.1, 0.15) is 21.5 Å². The van der Waals surface area contributed by atoms with Crippen LogP contribution < -0.4 is 26.0 Å². The highest BCUT2D eigenvalue weighted by molar-refractivity contribution is 5.97. The average molecular weight is 524 g/mol. The number of ether oxygens (including phenoxy) is 2. The summed E-state index contributed by atoms with van der Waals surface area (Å²) in [5.41, 5.74) is 0.797. The zero-order valence-electron chi connectivity index (χ0n) is 20.6. The van der Waals surface area contributed by atoms with Crippen molar-refractivity contribution in [1.82, 2.24) is 14.5 Å². The third-order valence-corrected chi connectivity index (χ3v) is 6.60. The molecule has 0 saturated carbocycles. The van der Waals surface area contributed by atoms with E-state index in [2.05, 4.69) is 5.32 Å². The second-order valence-electron chi connectivity index (χ2n) is 9.04. The molecule has 0 aliphatic carbocycles. The minimum Gasteiger partial charge on any atom is -0.454 e. The van der Waals surface area contributed by atoms with Crippen LogP contribution in [0.5, 0.6) is 11.5 Å². The van der Waals surface area contributed by atoms with E-state index < -0.39 is 23.0 Å². The third kappa shape index (κ3) is 4.54. The molecule has 0 fully saturated rings. The highest BCUT2D eigenvalue weighted by Crippen LogP contribution is 2.32. The Hall–Kier alpha value is -5.18. The summed E-state index contributed by atoms with van der Waals surface area (Å²) in [6, 6.07) is 24.6. The fourth-order valence-corrected chi connectivity index (χ4v) is 4.60. The molecule has 1 N–H and O–H groups in total. The van der Waals surface area contributed by atoms with Gasteiger partial charge in [-0.15, -0.1) is 0 Å². The van der Waals surface area contributed by atoms with Gasteiger partial charge in [-0.3, -0.25) is 14.2 Å². The predicted molar refractivity (Wildman–Crippen MR) is 143 cm³/mol. The summed E-state index contributed by atoms with van der Waals surface area (Å²) in [7, 11) is 0. The molecule has 0 bridgehead atoms. The Labute approximate surface area is 221 Å². The lowest BCUT2D eigenvalue weighted by molar-refractivity contribution is 0.0951. The molecule has 0 spiro atoms. The summed E-state index contributed by atoms with van der Waals surface area (Å²) < 4.78 is 27.7. The standard InChI is InChI=1S/C30H22FN3O5/c31-24-9-5-4-6-21(24)17-33-25-15-20(28(35)32-16-19-10-13-26-27(14-19)39-18-38-26)11-12-23(25)29(36)34(30(33)37)22-7-2-1-3-8-22/h1-15H,16-18H2,(H,32,35). The first kappa shape index (κ1) is 24.2. The number of aromatic nitrogens is 2. The molecule has 6 rings (SSSR count). The first-order valence-electron chi connectivity index (χ1n) is 12.2. The Balaban J connectivity index is 1.41. The second-order valence-corrected chi connectivity index (χ2v) is 9.04. The van der Waals surface area contributed by atoms with Gasteiger partial charge in [-0.2, -0.15) is 0 Å². The molecule has 1 aliphatic rings. The predicted octanol–water partition coefficient (Wildman–Crippen LogP) is 4.00. The van der Waals surface area contributed by atoms with Crippen molar-refractivity contribution in [2.45, 2.75) is 13.1 Å². The van der Waals surface area contributed by atoms with Crippen molar-refractivity contribution < 1.29 is 18.7 Å². The quantitative estimate of drug-likeness (QED) is 0.363. The number of halogens is 1. The van der Waals surface area contributed by atoms with Gasteiger partial charge in [0.25, 0.3) is 11.5 Å². The van der Waals surface area contributed by atoms with E-state index in [9.17, 15) is 18.8 Å². The van der Waals surface area contributed by atoms with Crippen molar-refractivity contribution in [3.63, 3.8) is 0 Å². The van der Waals surface area contributed by atoms with Crippen molar-refractivity contribution in [3.8, 4) is 17.2 Å². The van der Waals surface area contributed by atoms with Gasteiger partial charge >= 0.3 is 5.69 Å². The molecule has 0 radical (unpaired) electrons. The van der Waals surface area contributed by atoms with E-state index in [0.717, 1.165) is 10.1 Å². The molecule has 1 aromatic heterocycles. The number of carbonyl (C=O) groups excluding carboxylic acids is 1. The molecule has 5 aromatic rings. The van der Waals surface area contributed by atoms with Crippen molar-refractivity contribution >= 4 is 16.8 Å². The highest BCUT2D eigenvalue weighted by atomic mass is 19.1. The number of fused-ring (bicyclic) bond motifs is 2. The fourth-order valence-electron chi connectivity index (χ4n) is 4.60. The van der Waals surface area contributed by atoms with Gasteiger partial charge in [-0.25, -0.2) is 13.8 Å². The number of hydrogen-bond donors (Lipinski definition) is 1. The molecule has 39 heavy (non-hydrogen) atoms. The van der Waals surface area contributed by atoms with Crippen LogP contribution in [0.2, 0.25) is 0 Å². The number of nitrogens with zero attached hydrogens (tertiary/aromatic N) is 2. The van der Waals surface area contributed by atoms with E-state index in [1.807, 2.05) is 6.07 Å². The van der Waals surface area contributed by atoms with Gasteiger partial charge in [0.15, 0.2) is 11.5 Å². The first-order chi connectivity index (χ1) is 19.0. The van der Waals surface area contributed by atoms with Gasteiger partial charge in [-0.05, 0) is 54.1 Å². The zero-order chi connectivity index (χ0) is 26.9. The minimum absolute atomic E-state index is 0.128. The van der Waals surface area contributed by atoms with Crippen molar-refractivity contribution in [2.75, 3.05) is 6.79 Å². The van der Waals surface area contributed by atoms with Crippen LogP contribution in [0.4, 0.5) is 4.39 Å². The first-order valence-corrected chi connectivity index (χ1v) is 12.2. The molecule has 2 heterocycles. The Morgan fingerprint density at radius 2 is 1.64 bits per heavy atom. The van der Waals surface area contributed by atoms with Crippen LogP contribution in [-0.4, -0.2) is 21.8 Å². The number of benzene rings is 4. The normalized spacial score (nSPS) is 12.0. The maximum Gasteiger partial charge on any atom is 0.336 e. The Bertz CT molecular complexity index is 1850. The zero-order valence-corrected chi connectivity index (χ0v) is 20.6. The Morgan fingerprint density at radius 1 is 0.872 bits per heavy atom. The van der Waals surface area contributed by atoms with Gasteiger partial charge in [-0.1, -0.05) is 42.5 Å². The van der Waals surface area contributed by atoms with Crippen molar-refractivity contribution in [2.24, 2.45) is 0 Å². The number of nitrogens with one attached hydrogen (secondary N) is 1. The van der Waals surface area contributed by atoms with E-state index in [1.54, 1.807) is 60.7 Å². The Kier molecular flexibility index (Phi) is 6.16. The number of amides is 1. The summed E-state index contributed by atoms with van der Waals surface area (Å²) in [6.07, 6.45) is 0. The third-order valence-electron chi connectivity index (χ3n) is 6.60. The van der Waals surface area contributed by atoms with Crippen LogP contribution >= 0.6 is 0 Å². The van der Waals surface area contributed by atoms with Gasteiger partial charge in [0.1, 0.15) is 5.82 Å². The molecule has 0 unspecified atom stereocenters. The van der Waals surface area contributed by atoms with Crippen LogP contribution in [0.15, 0.2) is 101 Å². The number of rotatable bonds is 6. The molecular formula is C30H22FN3O5. The maximum absolute atomic E-state index is 14.6. The summed E-state index contributed by atoms with van der Waals surface area (Å²) >= 11 is 0. The van der Waals surface area contributed by atoms with Crippen LogP contribution in [0, 0.1) is 5.82 Å². The monoisotopic (exact) mass is 523 g/mol. The number of hydrogen-bond acceptors (Lipinski definition) is 5. The fraction of sp³-hybridized carbons (Fsp3) is 0.100. The molecule has 0 atom stereocenters. The number of para-hydroxylation sites is 1. The molecule has 1 aliphatic heterocycles. The van der Waals surface area contributed by atoms with E-state index >= 15 is 0 Å². The molecule has 194 valence electrons. The van der Waals surface area contributed by atoms with E-state index in [0.29, 0.717) is 17.2 Å². The smallest absolute Gasteiger partial charge is 0.336 e. The van der Waals surface area contributed by atoms with Crippen molar-refractivity contribution in [1.29, 1.82) is 0 Å². The largest absolute Gasteiger partial charge is 0.454 e. The van der Waals surface area contributed by atoms with Crippen LogP contribution in [0.3, 0.4) is 0 Å². The van der Waals surface area contributed by atoms with Crippen LogP contribution in [0.25, 0.3) is 16.6 Å². The summed E-state index contributed by atoms with van der Waals surface area (Å²) in [5, 5.41) is 3.07. The molecular weight excluding hydrogens is 501 g/mol. The van der Waals surface area contributed by atoms with Gasteiger partial charge in [0.2, 0.25) is 6.79 Å². The number of carbonyl (C=O) groups is 1. The molecule has 0 saturated heterocycles. The molecule has 9 heteroatoms. The summed E-state index contributed by atoms with van der Waals surface area (Å²) in [4.78, 5) is 40.2. The van der Waals surface area contributed by atoms with Crippen LogP contribution in [-0.2, 0) is 13.1 Å². The lowest BCUT2D eigenvalue weighted by atomic mass is 10.1. The van der Waals surface area contributed by atoms with Gasteiger partial charge in [0.05, 0.1) is 23.1 Å². The highest BCUT2D eigenvalue weighted by Gasteiger charge is 2.18. The lowest BCUT2D eigenvalue weighted by Crippen LogP contribution is -2.39. The molecule has 1 amide bonds. The average Bonchev–Trinajstić information content (AvgIpc) is 3.43. The second kappa shape index (κ2) is 9.94. The molecule has 4 aromatic carbocycles. The topological polar surface area (TPSA) is 91.6 Å². The lowest BCUT2D eigenvalue weighted by Gasteiger charge is -2.16.